The molecule has 0 saturated carbocycles. The van der Waals surface area contributed by atoms with Crippen molar-refractivity contribution in [3.05, 3.63) is 11.9 Å². The summed E-state index contributed by atoms with van der Waals surface area (Å²) < 4.78 is 0. The molecule has 5 nitrogen and oxygen atoms in total. The van der Waals surface area contributed by atoms with Gasteiger partial charge in [0.25, 0.3) is 0 Å². The third kappa shape index (κ3) is 3.34. The Balaban J connectivity index is 2.83. The summed E-state index contributed by atoms with van der Waals surface area (Å²) in [5, 5.41) is 12.4. The number of nitrogens with two attached hydrogens (primary N) is 1. The van der Waals surface area contributed by atoms with Gasteiger partial charge in [0, 0.05) is 12.5 Å². The average Bonchev–Trinajstić information content (AvgIpc) is 2.24. The lowest BCUT2D eigenvalue weighted by molar-refractivity contribution is 0.249. The Kier molecular flexibility index (Phi) is 4.49. The summed E-state index contributed by atoms with van der Waals surface area (Å²) in [5.41, 5.74) is 5.67. The van der Waals surface area contributed by atoms with Crippen LogP contribution < -0.4 is 11.1 Å². The number of nitrogens with zero attached hydrogens (tertiary/aromatic N) is 2. The van der Waals surface area contributed by atoms with E-state index < -0.39 is 0 Å². The number of nitrogens with one attached hydrogen (secondary N) is 1. The van der Waals surface area contributed by atoms with Gasteiger partial charge in [0.2, 0.25) is 0 Å². The second kappa shape index (κ2) is 5.65. The summed E-state index contributed by atoms with van der Waals surface area (Å²) in [5.74, 6) is 2.17. The second-order valence-electron chi connectivity index (χ2n) is 4.13. The molecule has 1 aromatic heterocycles. The standard InChI is InChI=1S/C11H20N4O/c1-4-10-14-9(12)5-11(15-10)13-8(6-16)7(2)3/h5,7-8,16H,4,6H2,1-3H3,(H3,12,13,14,15)/t8-/m1/s1. The van der Waals surface area contributed by atoms with Crippen molar-refractivity contribution in [1.29, 1.82) is 0 Å². The molecule has 16 heavy (non-hydrogen) atoms. The SMILES string of the molecule is CCc1nc(N)cc(N[C@H](CO)C(C)C)n1. The van der Waals surface area contributed by atoms with Crippen LogP contribution in [0.3, 0.4) is 0 Å². The molecule has 0 aromatic carbocycles. The van der Waals surface area contributed by atoms with Crippen molar-refractivity contribution >= 4 is 11.6 Å². The summed E-state index contributed by atoms with van der Waals surface area (Å²) in [6, 6.07) is 1.67. The van der Waals surface area contributed by atoms with E-state index in [-0.39, 0.29) is 12.6 Å². The van der Waals surface area contributed by atoms with E-state index in [2.05, 4.69) is 15.3 Å². The molecule has 0 fully saturated rings. The van der Waals surface area contributed by atoms with E-state index in [1.807, 2.05) is 20.8 Å². The summed E-state index contributed by atoms with van der Waals surface area (Å²) in [6.07, 6.45) is 0.741. The number of aromatic nitrogens is 2. The third-order valence-corrected chi connectivity index (χ3v) is 2.44. The lowest BCUT2D eigenvalue weighted by atomic mass is 10.1. The van der Waals surface area contributed by atoms with E-state index in [0.717, 1.165) is 6.42 Å². The van der Waals surface area contributed by atoms with Gasteiger partial charge in [-0.1, -0.05) is 20.8 Å². The zero-order chi connectivity index (χ0) is 12.1. The predicted octanol–water partition coefficient (Wildman–Crippen LogP) is 1.05. The van der Waals surface area contributed by atoms with Gasteiger partial charge in [0.05, 0.1) is 12.6 Å². The Bertz CT molecular complexity index is 341. The molecule has 0 bridgehead atoms. The van der Waals surface area contributed by atoms with Crippen molar-refractivity contribution in [3.63, 3.8) is 0 Å². The van der Waals surface area contributed by atoms with Crippen LogP contribution in [0, 0.1) is 5.92 Å². The van der Waals surface area contributed by atoms with Crippen LogP contribution in [-0.2, 0) is 6.42 Å². The Morgan fingerprint density at radius 3 is 2.62 bits per heavy atom. The largest absolute Gasteiger partial charge is 0.394 e. The highest BCUT2D eigenvalue weighted by Gasteiger charge is 2.13. The van der Waals surface area contributed by atoms with Crippen LogP contribution in [0.25, 0.3) is 0 Å². The van der Waals surface area contributed by atoms with Crippen molar-refractivity contribution in [2.45, 2.75) is 33.2 Å². The zero-order valence-electron chi connectivity index (χ0n) is 10.1. The number of aliphatic hydroxyl groups excluding tert-OH is 1. The van der Waals surface area contributed by atoms with Crippen molar-refractivity contribution in [2.75, 3.05) is 17.7 Å². The minimum atomic E-state index is -0.0148. The van der Waals surface area contributed by atoms with E-state index in [1.54, 1.807) is 6.07 Å². The summed E-state index contributed by atoms with van der Waals surface area (Å²) in [4.78, 5) is 8.40. The maximum absolute atomic E-state index is 9.22. The van der Waals surface area contributed by atoms with Crippen LogP contribution in [0.5, 0.6) is 0 Å². The molecular formula is C11H20N4O. The van der Waals surface area contributed by atoms with Gasteiger partial charge in [0.1, 0.15) is 17.5 Å². The normalized spacial score (nSPS) is 12.8. The fraction of sp³-hybridized carbons (Fsp3) is 0.636. The maximum atomic E-state index is 9.22. The molecule has 5 heteroatoms. The number of anilines is 2. The lowest BCUT2D eigenvalue weighted by Gasteiger charge is -2.20. The number of aryl methyl sites for hydroxylation is 1. The first kappa shape index (κ1) is 12.7. The van der Waals surface area contributed by atoms with Crippen molar-refractivity contribution < 1.29 is 5.11 Å². The fourth-order valence-corrected chi connectivity index (χ4v) is 1.36. The zero-order valence-corrected chi connectivity index (χ0v) is 10.1. The van der Waals surface area contributed by atoms with Gasteiger partial charge < -0.3 is 16.2 Å². The highest BCUT2D eigenvalue weighted by atomic mass is 16.3. The van der Waals surface area contributed by atoms with Crippen LogP contribution in [-0.4, -0.2) is 27.7 Å². The Morgan fingerprint density at radius 2 is 2.12 bits per heavy atom. The molecule has 1 heterocycles. The van der Waals surface area contributed by atoms with Gasteiger partial charge in [0.15, 0.2) is 0 Å². The first-order valence-electron chi connectivity index (χ1n) is 5.57. The van der Waals surface area contributed by atoms with Crippen molar-refractivity contribution in [3.8, 4) is 0 Å². The minimum absolute atomic E-state index is 0.0148. The molecule has 0 aliphatic carbocycles. The molecule has 0 aliphatic rings. The molecular weight excluding hydrogens is 204 g/mol. The van der Waals surface area contributed by atoms with Crippen LogP contribution >= 0.6 is 0 Å². The topological polar surface area (TPSA) is 84.1 Å². The number of hydrogen-bond donors (Lipinski definition) is 3. The second-order valence-corrected chi connectivity index (χ2v) is 4.13. The van der Waals surface area contributed by atoms with Gasteiger partial charge in [-0.05, 0) is 5.92 Å². The van der Waals surface area contributed by atoms with E-state index in [1.165, 1.54) is 0 Å². The number of aliphatic hydroxyl groups is 1. The number of nitrogen functional groups attached to an aromatic ring is 1. The third-order valence-electron chi connectivity index (χ3n) is 2.44. The van der Waals surface area contributed by atoms with Gasteiger partial charge >= 0.3 is 0 Å². The summed E-state index contributed by atoms with van der Waals surface area (Å²) in [7, 11) is 0. The van der Waals surface area contributed by atoms with Gasteiger partial charge in [-0.15, -0.1) is 0 Å². The Morgan fingerprint density at radius 1 is 1.44 bits per heavy atom. The van der Waals surface area contributed by atoms with Crippen LogP contribution in [0.15, 0.2) is 6.07 Å². The lowest BCUT2D eigenvalue weighted by Crippen LogP contribution is -2.30. The molecule has 1 rings (SSSR count). The number of rotatable bonds is 5. The van der Waals surface area contributed by atoms with Gasteiger partial charge in [-0.3, -0.25) is 0 Å². The molecule has 0 saturated heterocycles. The van der Waals surface area contributed by atoms with Crippen molar-refractivity contribution in [2.24, 2.45) is 5.92 Å². The minimum Gasteiger partial charge on any atom is -0.394 e. The smallest absolute Gasteiger partial charge is 0.132 e. The molecule has 90 valence electrons. The van der Waals surface area contributed by atoms with Crippen LogP contribution in [0.1, 0.15) is 26.6 Å². The summed E-state index contributed by atoms with van der Waals surface area (Å²) in [6.45, 7) is 6.13. The monoisotopic (exact) mass is 224 g/mol. The van der Waals surface area contributed by atoms with Gasteiger partial charge in [-0.2, -0.15) is 0 Å². The van der Waals surface area contributed by atoms with E-state index in [0.29, 0.717) is 23.4 Å². The van der Waals surface area contributed by atoms with Crippen LogP contribution in [0.2, 0.25) is 0 Å². The quantitative estimate of drug-likeness (QED) is 0.696. The van der Waals surface area contributed by atoms with Crippen molar-refractivity contribution in [1.82, 2.24) is 9.97 Å². The average molecular weight is 224 g/mol. The van der Waals surface area contributed by atoms with E-state index >= 15 is 0 Å². The Labute approximate surface area is 96.1 Å². The van der Waals surface area contributed by atoms with E-state index in [4.69, 9.17) is 5.73 Å². The summed E-state index contributed by atoms with van der Waals surface area (Å²) >= 11 is 0. The molecule has 0 spiro atoms. The predicted molar refractivity (Wildman–Crippen MR) is 65.2 cm³/mol. The molecule has 0 unspecified atom stereocenters. The molecule has 0 radical (unpaired) electrons. The Hall–Kier alpha value is -1.36. The highest BCUT2D eigenvalue weighted by molar-refractivity contribution is 5.45. The van der Waals surface area contributed by atoms with E-state index in [9.17, 15) is 5.11 Å². The van der Waals surface area contributed by atoms with Gasteiger partial charge in [-0.25, -0.2) is 9.97 Å². The molecule has 0 aliphatic heterocycles. The maximum Gasteiger partial charge on any atom is 0.132 e. The molecule has 1 atom stereocenters. The number of hydrogen-bond acceptors (Lipinski definition) is 5. The first-order chi connectivity index (χ1) is 7.56. The fourth-order valence-electron chi connectivity index (χ4n) is 1.36. The molecule has 4 N–H and O–H groups in total. The molecule has 1 aromatic rings. The van der Waals surface area contributed by atoms with Crippen LogP contribution in [0.4, 0.5) is 11.6 Å². The first-order valence-corrected chi connectivity index (χ1v) is 5.57. The molecule has 0 amide bonds. The highest BCUT2D eigenvalue weighted by Crippen LogP contribution is 2.13.